The van der Waals surface area contributed by atoms with Gasteiger partial charge in [-0.05, 0) is 35.6 Å². The summed E-state index contributed by atoms with van der Waals surface area (Å²) in [7, 11) is 1.52. The van der Waals surface area contributed by atoms with Crippen LogP contribution in [-0.2, 0) is 12.5 Å². The average Bonchev–Trinajstić information content (AvgIpc) is 3.23. The minimum Gasteiger partial charge on any atom is -0.454 e. The van der Waals surface area contributed by atoms with Crippen molar-refractivity contribution in [3.05, 3.63) is 58.0 Å². The number of rotatable bonds is 3. The fraction of sp³-hybridized carbons (Fsp3) is 0.417. The molecule has 10 heteroatoms. The molecule has 1 aliphatic carbocycles. The molecule has 2 aromatic carbocycles. The normalized spacial score (nSPS) is 23.1. The van der Waals surface area contributed by atoms with Crippen LogP contribution in [0.5, 0.6) is 11.5 Å². The zero-order valence-electron chi connectivity index (χ0n) is 18.9. The first-order valence-corrected chi connectivity index (χ1v) is 10.8. The van der Waals surface area contributed by atoms with Crippen molar-refractivity contribution in [1.29, 1.82) is 0 Å². The molecular formula is C24H24F3N3O4. The van der Waals surface area contributed by atoms with Gasteiger partial charge in [-0.3, -0.25) is 4.79 Å². The number of benzene rings is 2. The second-order valence-electron chi connectivity index (χ2n) is 9.52. The third-order valence-electron chi connectivity index (χ3n) is 6.89. The van der Waals surface area contributed by atoms with E-state index in [0.717, 1.165) is 0 Å². The van der Waals surface area contributed by atoms with Crippen LogP contribution in [0.2, 0.25) is 0 Å². The van der Waals surface area contributed by atoms with Gasteiger partial charge in [-0.15, -0.1) is 0 Å². The molecule has 0 spiro atoms. The van der Waals surface area contributed by atoms with Crippen molar-refractivity contribution < 1.29 is 27.8 Å². The van der Waals surface area contributed by atoms with Gasteiger partial charge in [0, 0.05) is 36.1 Å². The van der Waals surface area contributed by atoms with Crippen LogP contribution in [0.3, 0.4) is 0 Å². The Morgan fingerprint density at radius 3 is 2.71 bits per heavy atom. The van der Waals surface area contributed by atoms with E-state index in [1.54, 1.807) is 44.2 Å². The summed E-state index contributed by atoms with van der Waals surface area (Å²) in [5, 5.41) is 19.1. The van der Waals surface area contributed by atoms with Crippen LogP contribution in [0.15, 0.2) is 41.3 Å². The summed E-state index contributed by atoms with van der Waals surface area (Å²) in [5.74, 6) is -0.429. The molecule has 2 N–H and O–H groups in total. The summed E-state index contributed by atoms with van der Waals surface area (Å²) >= 11 is 0. The predicted molar refractivity (Wildman–Crippen MR) is 119 cm³/mol. The van der Waals surface area contributed by atoms with Gasteiger partial charge in [-0.1, -0.05) is 26.0 Å². The number of halogens is 3. The number of alkyl halides is 3. The van der Waals surface area contributed by atoms with Crippen molar-refractivity contribution in [3.63, 3.8) is 0 Å². The van der Waals surface area contributed by atoms with Gasteiger partial charge in [0.1, 0.15) is 0 Å². The van der Waals surface area contributed by atoms with Crippen LogP contribution in [0.4, 0.5) is 18.9 Å². The molecule has 2 heterocycles. The van der Waals surface area contributed by atoms with Crippen molar-refractivity contribution in [2.45, 2.75) is 43.4 Å². The molecule has 2 unspecified atom stereocenters. The first-order valence-electron chi connectivity index (χ1n) is 10.8. The predicted octanol–water partition coefficient (Wildman–Crippen LogP) is 3.83. The van der Waals surface area contributed by atoms with Crippen molar-refractivity contribution in [2.75, 3.05) is 18.7 Å². The van der Waals surface area contributed by atoms with Crippen LogP contribution in [0, 0.1) is 0 Å². The molecule has 2 atom stereocenters. The summed E-state index contributed by atoms with van der Waals surface area (Å²) in [5.41, 5.74) is -2.91. The maximum absolute atomic E-state index is 14.4. The molecule has 0 saturated heterocycles. The lowest BCUT2D eigenvalue weighted by atomic mass is 9.60. The number of fused-ring (bicyclic) bond motifs is 4. The van der Waals surface area contributed by atoms with Crippen LogP contribution in [0.25, 0.3) is 10.8 Å². The standard InChI is InChI=1S/C24H24F3N3O4/c1-22(2)11-23(32,24(25,26)27)16(14-7-8-18-20(19(14)22)34-12-33-18)10-28-17-6-4-5-13-15(17)9-29-30(3)21(13)31/h4-9,16,28,32H,10-12H2,1-3H3. The molecule has 2 aliphatic rings. The number of nitrogens with one attached hydrogen (secondary N) is 1. The third kappa shape index (κ3) is 3.23. The Labute approximate surface area is 193 Å². The molecule has 34 heavy (non-hydrogen) atoms. The highest BCUT2D eigenvalue weighted by molar-refractivity contribution is 5.92. The summed E-state index contributed by atoms with van der Waals surface area (Å²) in [6.45, 7) is 3.10. The van der Waals surface area contributed by atoms with Gasteiger partial charge in [0.15, 0.2) is 17.1 Å². The average molecular weight is 475 g/mol. The van der Waals surface area contributed by atoms with E-state index in [2.05, 4.69) is 10.4 Å². The van der Waals surface area contributed by atoms with Gasteiger partial charge in [0.25, 0.3) is 5.56 Å². The Balaban J connectivity index is 1.62. The molecule has 0 amide bonds. The van der Waals surface area contributed by atoms with Crippen LogP contribution in [0.1, 0.15) is 37.3 Å². The number of hydrogen-bond acceptors (Lipinski definition) is 6. The van der Waals surface area contributed by atoms with Crippen LogP contribution < -0.4 is 20.3 Å². The molecule has 1 aliphatic heterocycles. The fourth-order valence-electron chi connectivity index (χ4n) is 5.32. The molecule has 180 valence electrons. The number of ether oxygens (including phenoxy) is 2. The van der Waals surface area contributed by atoms with E-state index in [4.69, 9.17) is 9.47 Å². The van der Waals surface area contributed by atoms with E-state index in [-0.39, 0.29) is 18.9 Å². The second kappa shape index (κ2) is 7.36. The minimum absolute atomic E-state index is 0.00765. The molecule has 5 rings (SSSR count). The number of nitrogens with zero attached hydrogens (tertiary/aromatic N) is 2. The number of aryl methyl sites for hydroxylation is 1. The van der Waals surface area contributed by atoms with Crippen LogP contribution in [-0.4, -0.2) is 40.0 Å². The number of hydrogen-bond donors (Lipinski definition) is 2. The zero-order chi connectivity index (χ0) is 24.5. The third-order valence-corrected chi connectivity index (χ3v) is 6.89. The lowest BCUT2D eigenvalue weighted by Crippen LogP contribution is -2.58. The molecule has 1 aromatic heterocycles. The molecule has 0 saturated carbocycles. The highest BCUT2D eigenvalue weighted by Crippen LogP contribution is 2.58. The minimum atomic E-state index is -4.87. The van der Waals surface area contributed by atoms with E-state index in [1.165, 1.54) is 17.9 Å². The summed E-state index contributed by atoms with van der Waals surface area (Å²) < 4.78 is 55.4. The molecule has 3 aromatic rings. The van der Waals surface area contributed by atoms with E-state index < -0.39 is 29.5 Å². The maximum atomic E-state index is 14.4. The van der Waals surface area contributed by atoms with Gasteiger partial charge in [-0.2, -0.15) is 18.3 Å². The zero-order valence-corrected chi connectivity index (χ0v) is 18.9. The lowest BCUT2D eigenvalue weighted by molar-refractivity contribution is -0.277. The van der Waals surface area contributed by atoms with E-state index in [9.17, 15) is 23.1 Å². The Morgan fingerprint density at radius 1 is 1.21 bits per heavy atom. The molecule has 7 nitrogen and oxygen atoms in total. The van der Waals surface area contributed by atoms with Gasteiger partial charge in [0.05, 0.1) is 11.6 Å². The fourth-order valence-corrected chi connectivity index (χ4v) is 5.32. The van der Waals surface area contributed by atoms with Crippen molar-refractivity contribution >= 4 is 16.5 Å². The maximum Gasteiger partial charge on any atom is 0.417 e. The first-order chi connectivity index (χ1) is 15.9. The monoisotopic (exact) mass is 475 g/mol. The largest absolute Gasteiger partial charge is 0.454 e. The number of aromatic nitrogens is 2. The second-order valence-corrected chi connectivity index (χ2v) is 9.52. The van der Waals surface area contributed by atoms with Crippen molar-refractivity contribution in [3.8, 4) is 11.5 Å². The van der Waals surface area contributed by atoms with Gasteiger partial charge < -0.3 is 19.9 Å². The highest BCUT2D eigenvalue weighted by atomic mass is 19.4. The SMILES string of the molecule is Cn1ncc2c(NCC3c4ccc5c(c4C(C)(C)CC3(O)C(F)(F)F)OCO5)cccc2c1=O. The molecule has 0 fully saturated rings. The van der Waals surface area contributed by atoms with E-state index >= 15 is 0 Å². The first kappa shape index (κ1) is 22.5. The quantitative estimate of drug-likeness (QED) is 0.599. The Hall–Kier alpha value is -3.27. The summed E-state index contributed by atoms with van der Waals surface area (Å²) in [4.78, 5) is 12.4. The number of anilines is 1. The summed E-state index contributed by atoms with van der Waals surface area (Å²) in [6.07, 6.45) is -3.92. The van der Waals surface area contributed by atoms with Crippen molar-refractivity contribution in [1.82, 2.24) is 9.78 Å². The van der Waals surface area contributed by atoms with Gasteiger partial charge >= 0.3 is 6.18 Å². The Bertz CT molecular complexity index is 1350. The molecule has 0 radical (unpaired) electrons. The summed E-state index contributed by atoms with van der Waals surface area (Å²) in [6, 6.07) is 8.11. The number of aliphatic hydroxyl groups is 1. The van der Waals surface area contributed by atoms with Gasteiger partial charge in [0.2, 0.25) is 6.79 Å². The highest BCUT2D eigenvalue weighted by Gasteiger charge is 2.64. The van der Waals surface area contributed by atoms with Gasteiger partial charge in [-0.25, -0.2) is 4.68 Å². The van der Waals surface area contributed by atoms with Crippen molar-refractivity contribution in [2.24, 2.45) is 7.05 Å². The Kier molecular flexibility index (Phi) is 4.88. The molecule has 0 bridgehead atoms. The van der Waals surface area contributed by atoms with Crippen LogP contribution >= 0.6 is 0 Å². The Morgan fingerprint density at radius 2 is 1.97 bits per heavy atom. The lowest BCUT2D eigenvalue weighted by Gasteiger charge is -2.49. The molecular weight excluding hydrogens is 451 g/mol. The van der Waals surface area contributed by atoms with E-state index in [1.807, 2.05) is 0 Å². The smallest absolute Gasteiger partial charge is 0.417 e. The van der Waals surface area contributed by atoms with E-state index in [0.29, 0.717) is 39.1 Å². The topological polar surface area (TPSA) is 85.6 Å².